The summed E-state index contributed by atoms with van der Waals surface area (Å²) in [5.74, 6) is 0.0192. The molecule has 3 rings (SSSR count). The molecule has 1 heterocycles. The molecule has 6 heteroatoms. The van der Waals surface area contributed by atoms with Crippen molar-refractivity contribution in [1.82, 2.24) is 5.32 Å². The van der Waals surface area contributed by atoms with E-state index in [-0.39, 0.29) is 11.7 Å². The zero-order valence-electron chi connectivity index (χ0n) is 11.3. The van der Waals surface area contributed by atoms with Crippen LogP contribution in [0.5, 0.6) is 5.75 Å². The maximum atomic E-state index is 12.0. The molecule has 1 aliphatic heterocycles. The van der Waals surface area contributed by atoms with Crippen LogP contribution in [-0.4, -0.2) is 16.2 Å². The molecule has 1 saturated heterocycles. The number of amides is 1. The lowest BCUT2D eigenvalue weighted by Crippen LogP contribution is -2.19. The van der Waals surface area contributed by atoms with Crippen LogP contribution in [0.2, 0.25) is 0 Å². The largest absolute Gasteiger partial charge is 0.508 e. The Morgan fingerprint density at radius 3 is 2.59 bits per heavy atom. The number of carbonyl (C=O) groups is 1. The summed E-state index contributed by atoms with van der Waals surface area (Å²) in [6.07, 6.45) is 1.77. The predicted molar refractivity (Wildman–Crippen MR) is 93.1 cm³/mol. The highest BCUT2D eigenvalue weighted by Crippen LogP contribution is 2.31. The number of thioether (sulfide) groups is 1. The molecule has 0 atom stereocenters. The van der Waals surface area contributed by atoms with Crippen molar-refractivity contribution in [3.63, 3.8) is 0 Å². The maximum absolute atomic E-state index is 12.0. The second-order valence-electron chi connectivity index (χ2n) is 4.52. The van der Waals surface area contributed by atoms with Crippen molar-refractivity contribution >= 4 is 50.5 Å². The Balaban J connectivity index is 1.84. The summed E-state index contributed by atoms with van der Waals surface area (Å²) in [6.45, 7) is 0. The fourth-order valence-corrected chi connectivity index (χ4v) is 3.06. The highest BCUT2D eigenvalue weighted by molar-refractivity contribution is 9.10. The predicted octanol–water partition coefficient (Wildman–Crippen LogP) is 4.05. The first-order chi connectivity index (χ1) is 10.6. The van der Waals surface area contributed by atoms with Gasteiger partial charge in [-0.15, -0.1) is 0 Å². The Labute approximate surface area is 140 Å². The van der Waals surface area contributed by atoms with Crippen molar-refractivity contribution in [2.75, 3.05) is 0 Å². The number of rotatable bonds is 2. The monoisotopic (exact) mass is 374 g/mol. The molecule has 2 aromatic carbocycles. The number of amidine groups is 1. The van der Waals surface area contributed by atoms with Gasteiger partial charge in [0.25, 0.3) is 5.91 Å². The van der Waals surface area contributed by atoms with Crippen molar-refractivity contribution in [3.8, 4) is 5.75 Å². The molecule has 0 bridgehead atoms. The molecule has 0 radical (unpaired) electrons. The number of carbonyl (C=O) groups excluding carboxylic acids is 1. The lowest BCUT2D eigenvalue weighted by molar-refractivity contribution is -0.115. The number of hydrogen-bond acceptors (Lipinski definition) is 4. The van der Waals surface area contributed by atoms with Gasteiger partial charge in [0.1, 0.15) is 5.75 Å². The van der Waals surface area contributed by atoms with Crippen molar-refractivity contribution in [3.05, 3.63) is 63.5 Å². The highest BCUT2D eigenvalue weighted by atomic mass is 79.9. The summed E-state index contributed by atoms with van der Waals surface area (Å²) in [5.41, 5.74) is 1.61. The van der Waals surface area contributed by atoms with Gasteiger partial charge in [0, 0.05) is 4.47 Å². The van der Waals surface area contributed by atoms with Crippen molar-refractivity contribution in [2.24, 2.45) is 4.99 Å². The number of para-hydroxylation sites is 1. The number of phenols is 1. The van der Waals surface area contributed by atoms with Crippen LogP contribution in [0.25, 0.3) is 6.08 Å². The molecule has 4 nitrogen and oxygen atoms in total. The number of nitrogens with one attached hydrogen (secondary N) is 1. The molecule has 1 amide bonds. The Bertz CT molecular complexity index is 785. The molecule has 110 valence electrons. The minimum absolute atomic E-state index is 0.177. The van der Waals surface area contributed by atoms with E-state index in [9.17, 15) is 9.90 Å². The number of aromatic hydroxyl groups is 1. The molecule has 2 aromatic rings. The first-order valence-corrected chi connectivity index (χ1v) is 8.06. The summed E-state index contributed by atoms with van der Waals surface area (Å²) >= 11 is 4.72. The number of phenolic OH excluding ortho intramolecular Hbond substituents is 1. The average molecular weight is 375 g/mol. The molecule has 0 unspecified atom stereocenters. The summed E-state index contributed by atoms with van der Waals surface area (Å²) < 4.78 is 0.869. The van der Waals surface area contributed by atoms with Gasteiger partial charge in [0.05, 0.1) is 10.6 Å². The third kappa shape index (κ3) is 3.40. The van der Waals surface area contributed by atoms with E-state index in [1.807, 2.05) is 24.3 Å². The van der Waals surface area contributed by atoms with Crippen LogP contribution in [-0.2, 0) is 4.79 Å². The number of aliphatic imine (C=N–C) groups is 1. The van der Waals surface area contributed by atoms with Crippen LogP contribution in [0.15, 0.2) is 62.9 Å². The van der Waals surface area contributed by atoms with E-state index >= 15 is 0 Å². The molecule has 0 saturated carbocycles. The first-order valence-electron chi connectivity index (χ1n) is 6.45. The van der Waals surface area contributed by atoms with Crippen molar-refractivity contribution < 1.29 is 9.90 Å². The molecule has 0 aromatic heterocycles. The normalized spacial score (nSPS) is 18.0. The zero-order chi connectivity index (χ0) is 15.5. The van der Waals surface area contributed by atoms with E-state index in [1.54, 1.807) is 30.3 Å². The Hall–Kier alpha value is -2.05. The fourth-order valence-electron chi connectivity index (χ4n) is 1.85. The van der Waals surface area contributed by atoms with Crippen molar-refractivity contribution in [2.45, 2.75) is 0 Å². The number of benzene rings is 2. The smallest absolute Gasteiger partial charge is 0.264 e. The molecule has 0 spiro atoms. The van der Waals surface area contributed by atoms with Gasteiger partial charge in [0.2, 0.25) is 0 Å². The van der Waals surface area contributed by atoms with Gasteiger partial charge in [-0.3, -0.25) is 4.79 Å². The molecule has 1 aliphatic rings. The van der Waals surface area contributed by atoms with Crippen LogP contribution in [0.4, 0.5) is 5.69 Å². The Morgan fingerprint density at radius 2 is 1.86 bits per heavy atom. The third-order valence-corrected chi connectivity index (χ3v) is 4.50. The molecular formula is C16H11BrN2O2S. The lowest BCUT2D eigenvalue weighted by atomic mass is 10.2. The Morgan fingerprint density at radius 1 is 1.14 bits per heavy atom. The van der Waals surface area contributed by atoms with E-state index < -0.39 is 0 Å². The van der Waals surface area contributed by atoms with Gasteiger partial charge in [-0.05, 0) is 63.6 Å². The Kier molecular flexibility index (Phi) is 4.31. The quantitative estimate of drug-likeness (QED) is 0.779. The minimum Gasteiger partial charge on any atom is -0.508 e. The minimum atomic E-state index is -0.177. The van der Waals surface area contributed by atoms with E-state index in [0.717, 1.165) is 15.7 Å². The lowest BCUT2D eigenvalue weighted by Gasteiger charge is -1.98. The summed E-state index contributed by atoms with van der Waals surface area (Å²) in [5, 5.41) is 12.6. The van der Waals surface area contributed by atoms with Gasteiger partial charge in [-0.25, -0.2) is 4.99 Å². The van der Waals surface area contributed by atoms with Crippen LogP contribution < -0.4 is 5.32 Å². The van der Waals surface area contributed by atoms with Gasteiger partial charge in [-0.1, -0.05) is 24.3 Å². The van der Waals surface area contributed by atoms with Gasteiger partial charge in [0.15, 0.2) is 5.17 Å². The molecular weight excluding hydrogens is 364 g/mol. The van der Waals surface area contributed by atoms with Crippen LogP contribution in [0, 0.1) is 0 Å². The van der Waals surface area contributed by atoms with E-state index in [2.05, 4.69) is 26.2 Å². The van der Waals surface area contributed by atoms with E-state index in [4.69, 9.17) is 0 Å². The standard InChI is InChI=1S/C16H11BrN2O2S/c17-12-3-1-2-4-13(12)18-16-19-15(21)14(22-16)9-10-5-7-11(20)8-6-10/h1-9,20H,(H,18,19,21)/b14-9-. The summed E-state index contributed by atoms with van der Waals surface area (Å²) in [4.78, 5) is 17.0. The summed E-state index contributed by atoms with van der Waals surface area (Å²) in [7, 11) is 0. The SMILES string of the molecule is O=C1NC(=Nc2ccccc2Br)S/C1=C\c1ccc(O)cc1. The second kappa shape index (κ2) is 6.37. The van der Waals surface area contributed by atoms with Gasteiger partial charge >= 0.3 is 0 Å². The highest BCUT2D eigenvalue weighted by Gasteiger charge is 2.23. The van der Waals surface area contributed by atoms with Gasteiger partial charge in [-0.2, -0.15) is 0 Å². The molecule has 1 fully saturated rings. The maximum Gasteiger partial charge on any atom is 0.264 e. The van der Waals surface area contributed by atoms with Crippen LogP contribution in [0.3, 0.4) is 0 Å². The molecule has 2 N–H and O–H groups in total. The van der Waals surface area contributed by atoms with Gasteiger partial charge < -0.3 is 10.4 Å². The topological polar surface area (TPSA) is 61.7 Å². The molecule has 0 aliphatic carbocycles. The third-order valence-electron chi connectivity index (χ3n) is 2.92. The second-order valence-corrected chi connectivity index (χ2v) is 6.41. The first kappa shape index (κ1) is 14.9. The molecule has 22 heavy (non-hydrogen) atoms. The zero-order valence-corrected chi connectivity index (χ0v) is 13.7. The fraction of sp³-hybridized carbons (Fsp3) is 0. The van der Waals surface area contributed by atoms with Crippen LogP contribution >= 0.6 is 27.7 Å². The number of hydrogen-bond donors (Lipinski definition) is 2. The van der Waals surface area contributed by atoms with Crippen LogP contribution in [0.1, 0.15) is 5.56 Å². The van der Waals surface area contributed by atoms with Crippen molar-refractivity contribution in [1.29, 1.82) is 0 Å². The average Bonchev–Trinajstić information content (AvgIpc) is 2.84. The van der Waals surface area contributed by atoms with E-state index in [1.165, 1.54) is 11.8 Å². The summed E-state index contributed by atoms with van der Waals surface area (Å²) in [6, 6.07) is 14.2. The van der Waals surface area contributed by atoms with E-state index in [0.29, 0.717) is 10.1 Å². The number of halogens is 1. The number of nitrogens with zero attached hydrogens (tertiary/aromatic N) is 1.